The minimum atomic E-state index is 0.616. The highest BCUT2D eigenvalue weighted by molar-refractivity contribution is 5.77. The number of hydrogen-bond acceptors (Lipinski definition) is 6. The minimum absolute atomic E-state index is 0.616. The summed E-state index contributed by atoms with van der Waals surface area (Å²) in [6.45, 7) is 4.76. The Kier molecular flexibility index (Phi) is 5.81. The predicted molar refractivity (Wildman–Crippen MR) is 127 cm³/mol. The smallest absolute Gasteiger partial charge is 0.254 e. The average molecular weight is 427 g/mol. The molecule has 7 heteroatoms. The van der Waals surface area contributed by atoms with Crippen molar-refractivity contribution in [2.45, 2.75) is 0 Å². The third-order valence-corrected chi connectivity index (χ3v) is 5.83. The van der Waals surface area contributed by atoms with Crippen LogP contribution in [0.1, 0.15) is 5.56 Å². The van der Waals surface area contributed by atoms with E-state index in [9.17, 15) is 0 Å². The molecule has 3 heterocycles. The van der Waals surface area contributed by atoms with Crippen LogP contribution in [0.25, 0.3) is 23.0 Å². The van der Waals surface area contributed by atoms with Gasteiger partial charge < -0.3 is 9.64 Å². The Morgan fingerprint density at radius 2 is 1.72 bits per heavy atom. The summed E-state index contributed by atoms with van der Waals surface area (Å²) < 4.78 is 7.17. The van der Waals surface area contributed by atoms with E-state index in [1.807, 2.05) is 28.9 Å². The highest BCUT2D eigenvalue weighted by atomic mass is 16.5. The van der Waals surface area contributed by atoms with Crippen LogP contribution in [0.15, 0.2) is 73.2 Å². The number of fused-ring (bicyclic) bond motifs is 1. The number of nitrogens with zero attached hydrogens (tertiary/aromatic N) is 6. The van der Waals surface area contributed by atoms with E-state index < -0.39 is 0 Å². The van der Waals surface area contributed by atoms with Gasteiger partial charge in [0.1, 0.15) is 17.9 Å². The summed E-state index contributed by atoms with van der Waals surface area (Å²) in [5.74, 6) is 2.49. The molecule has 5 rings (SSSR count). The molecule has 0 amide bonds. The standard InChI is InChI=1S/C25H26N6O/c1-32-22-11-9-21(10-12-22)23-18-26-25-27-19-28-31(25)24(23)30-16-14-29(15-17-30)13-5-8-20-6-3-2-4-7-20/h2-12,18-19H,13-17H2,1H3. The Hall–Kier alpha value is -3.71. The highest BCUT2D eigenvalue weighted by Crippen LogP contribution is 2.32. The summed E-state index contributed by atoms with van der Waals surface area (Å²) in [5, 5.41) is 4.47. The van der Waals surface area contributed by atoms with E-state index in [0.717, 1.165) is 55.4 Å². The first-order valence-electron chi connectivity index (χ1n) is 10.8. The van der Waals surface area contributed by atoms with Crippen molar-refractivity contribution in [2.75, 3.05) is 44.7 Å². The van der Waals surface area contributed by atoms with Crippen molar-refractivity contribution in [1.82, 2.24) is 24.5 Å². The first kappa shape index (κ1) is 20.2. The zero-order chi connectivity index (χ0) is 21.8. The lowest BCUT2D eigenvalue weighted by molar-refractivity contribution is 0.283. The van der Waals surface area contributed by atoms with Gasteiger partial charge in [-0.05, 0) is 23.3 Å². The van der Waals surface area contributed by atoms with E-state index in [-0.39, 0.29) is 0 Å². The molecule has 2 aromatic heterocycles. The van der Waals surface area contributed by atoms with Crippen LogP contribution in [0.4, 0.5) is 5.82 Å². The fourth-order valence-corrected chi connectivity index (χ4v) is 4.09. The molecule has 0 bridgehead atoms. The van der Waals surface area contributed by atoms with E-state index in [1.165, 1.54) is 5.56 Å². The second kappa shape index (κ2) is 9.20. The van der Waals surface area contributed by atoms with Crippen LogP contribution < -0.4 is 9.64 Å². The number of ether oxygens (including phenoxy) is 1. The second-order valence-electron chi connectivity index (χ2n) is 7.80. The van der Waals surface area contributed by atoms with Gasteiger partial charge in [0, 0.05) is 44.5 Å². The highest BCUT2D eigenvalue weighted by Gasteiger charge is 2.23. The second-order valence-corrected chi connectivity index (χ2v) is 7.80. The summed E-state index contributed by atoms with van der Waals surface area (Å²) in [5.41, 5.74) is 3.36. The molecule has 4 aromatic rings. The van der Waals surface area contributed by atoms with Gasteiger partial charge in [-0.1, -0.05) is 54.6 Å². The molecule has 2 aromatic carbocycles. The molecule has 0 aliphatic carbocycles. The lowest BCUT2D eigenvalue weighted by Crippen LogP contribution is -2.47. The van der Waals surface area contributed by atoms with Crippen molar-refractivity contribution in [3.05, 3.63) is 78.8 Å². The van der Waals surface area contributed by atoms with Crippen LogP contribution in [-0.2, 0) is 0 Å². The Balaban J connectivity index is 1.34. The largest absolute Gasteiger partial charge is 0.497 e. The van der Waals surface area contributed by atoms with Crippen molar-refractivity contribution < 1.29 is 4.74 Å². The Morgan fingerprint density at radius 1 is 0.938 bits per heavy atom. The monoisotopic (exact) mass is 426 g/mol. The molecule has 1 saturated heterocycles. The number of piperazine rings is 1. The van der Waals surface area contributed by atoms with E-state index in [1.54, 1.807) is 13.4 Å². The summed E-state index contributed by atoms with van der Waals surface area (Å²) in [6.07, 6.45) is 7.90. The third kappa shape index (κ3) is 4.20. The Morgan fingerprint density at radius 3 is 2.47 bits per heavy atom. The first-order chi connectivity index (χ1) is 15.8. The average Bonchev–Trinajstić information content (AvgIpc) is 3.34. The fraction of sp³-hybridized carbons (Fsp3) is 0.240. The van der Waals surface area contributed by atoms with Crippen molar-refractivity contribution in [3.63, 3.8) is 0 Å². The van der Waals surface area contributed by atoms with Gasteiger partial charge in [0.2, 0.25) is 0 Å². The zero-order valence-electron chi connectivity index (χ0n) is 18.1. The number of aromatic nitrogens is 4. The van der Waals surface area contributed by atoms with Gasteiger partial charge in [0.25, 0.3) is 5.78 Å². The van der Waals surface area contributed by atoms with Gasteiger partial charge >= 0.3 is 0 Å². The van der Waals surface area contributed by atoms with Crippen LogP contribution in [0.2, 0.25) is 0 Å². The quantitative estimate of drug-likeness (QED) is 0.469. The van der Waals surface area contributed by atoms with Gasteiger partial charge in [0.15, 0.2) is 0 Å². The molecule has 0 spiro atoms. The van der Waals surface area contributed by atoms with Gasteiger partial charge in [-0.15, -0.1) is 0 Å². The lowest BCUT2D eigenvalue weighted by atomic mass is 10.1. The molecular weight excluding hydrogens is 400 g/mol. The maximum Gasteiger partial charge on any atom is 0.254 e. The zero-order valence-corrected chi connectivity index (χ0v) is 18.1. The van der Waals surface area contributed by atoms with Gasteiger partial charge in [-0.2, -0.15) is 14.6 Å². The van der Waals surface area contributed by atoms with Gasteiger partial charge in [-0.3, -0.25) is 4.90 Å². The number of anilines is 1. The summed E-state index contributed by atoms with van der Waals surface area (Å²) in [7, 11) is 1.68. The first-order valence-corrected chi connectivity index (χ1v) is 10.8. The van der Waals surface area contributed by atoms with E-state index in [2.05, 4.69) is 73.4 Å². The van der Waals surface area contributed by atoms with Crippen molar-refractivity contribution in [3.8, 4) is 16.9 Å². The number of rotatable bonds is 6. The fourth-order valence-electron chi connectivity index (χ4n) is 4.09. The van der Waals surface area contributed by atoms with Crippen LogP contribution in [0.5, 0.6) is 5.75 Å². The topological polar surface area (TPSA) is 58.8 Å². The number of methoxy groups -OCH3 is 1. The Bertz CT molecular complexity index is 1190. The molecule has 162 valence electrons. The molecule has 7 nitrogen and oxygen atoms in total. The molecule has 32 heavy (non-hydrogen) atoms. The minimum Gasteiger partial charge on any atom is -0.497 e. The third-order valence-electron chi connectivity index (χ3n) is 5.83. The maximum absolute atomic E-state index is 5.32. The van der Waals surface area contributed by atoms with Gasteiger partial charge in [-0.25, -0.2) is 4.98 Å². The summed E-state index contributed by atoms with van der Waals surface area (Å²) >= 11 is 0. The van der Waals surface area contributed by atoms with Crippen molar-refractivity contribution in [2.24, 2.45) is 0 Å². The lowest BCUT2D eigenvalue weighted by Gasteiger charge is -2.36. The Labute approximate surface area is 187 Å². The van der Waals surface area contributed by atoms with Crippen LogP contribution in [0, 0.1) is 0 Å². The SMILES string of the molecule is COc1ccc(-c2cnc3ncnn3c2N2CCN(CC=Cc3ccccc3)CC2)cc1. The van der Waals surface area contributed by atoms with E-state index in [0.29, 0.717) is 5.78 Å². The molecule has 1 aliphatic heterocycles. The summed E-state index contributed by atoms with van der Waals surface area (Å²) in [4.78, 5) is 13.7. The van der Waals surface area contributed by atoms with E-state index >= 15 is 0 Å². The molecule has 1 aliphatic rings. The number of hydrogen-bond donors (Lipinski definition) is 0. The van der Waals surface area contributed by atoms with Crippen LogP contribution >= 0.6 is 0 Å². The molecule has 0 atom stereocenters. The normalized spacial score (nSPS) is 15.0. The van der Waals surface area contributed by atoms with Crippen LogP contribution in [-0.4, -0.2) is 64.3 Å². The molecule has 0 radical (unpaired) electrons. The van der Waals surface area contributed by atoms with Crippen molar-refractivity contribution in [1.29, 1.82) is 0 Å². The predicted octanol–water partition coefficient (Wildman–Crippen LogP) is 3.64. The maximum atomic E-state index is 5.32. The molecule has 1 fully saturated rings. The summed E-state index contributed by atoms with van der Waals surface area (Å²) in [6, 6.07) is 18.5. The molecular formula is C25H26N6O. The van der Waals surface area contributed by atoms with E-state index in [4.69, 9.17) is 4.74 Å². The molecule has 0 N–H and O–H groups in total. The van der Waals surface area contributed by atoms with Gasteiger partial charge in [0.05, 0.1) is 7.11 Å². The van der Waals surface area contributed by atoms with Crippen LogP contribution in [0.3, 0.4) is 0 Å². The molecule has 0 saturated carbocycles. The number of benzene rings is 2. The van der Waals surface area contributed by atoms with Crippen molar-refractivity contribution >= 4 is 17.7 Å². The molecule has 0 unspecified atom stereocenters.